The molecule has 2 heteroatoms. The van der Waals surface area contributed by atoms with Gasteiger partial charge in [0.25, 0.3) is 0 Å². The van der Waals surface area contributed by atoms with Crippen molar-refractivity contribution in [2.75, 3.05) is 0 Å². The molecule has 0 spiro atoms. The Kier molecular flexibility index (Phi) is 5.19. The summed E-state index contributed by atoms with van der Waals surface area (Å²) in [6, 6.07) is 23.0. The molecule has 0 amide bonds. The van der Waals surface area contributed by atoms with Crippen LogP contribution in [-0.2, 0) is 6.42 Å². The lowest BCUT2D eigenvalue weighted by atomic mass is 9.87. The minimum atomic E-state index is 0.117. The largest absolute Gasteiger partial charge is 0.295 e. The van der Waals surface area contributed by atoms with Crippen molar-refractivity contribution in [1.29, 1.82) is 0 Å². The Morgan fingerprint density at radius 1 is 0.857 bits per heavy atom. The number of hydrogen-bond acceptors (Lipinski definition) is 1. The van der Waals surface area contributed by atoms with Crippen LogP contribution >= 0.6 is 11.6 Å². The molecule has 28 heavy (non-hydrogen) atoms. The van der Waals surface area contributed by atoms with Crippen LogP contribution in [0.2, 0.25) is 5.02 Å². The molecule has 3 aromatic carbocycles. The first-order valence-corrected chi connectivity index (χ1v) is 10.1. The molecule has 0 bridgehead atoms. The molecule has 1 aliphatic carbocycles. The number of Topliss-reactive ketones (excluding diaryl/α,β-unsaturated/α-hetero) is 1. The monoisotopic (exact) mass is 386 g/mol. The second-order valence-electron chi connectivity index (χ2n) is 7.51. The molecule has 0 fully saturated rings. The molecule has 0 radical (unpaired) electrons. The summed E-state index contributed by atoms with van der Waals surface area (Å²) in [5.74, 6) is 0.117. The number of rotatable bonds is 3. The quantitative estimate of drug-likeness (QED) is 0.437. The van der Waals surface area contributed by atoms with E-state index in [1.54, 1.807) is 6.92 Å². The van der Waals surface area contributed by atoms with E-state index in [-0.39, 0.29) is 5.78 Å². The van der Waals surface area contributed by atoms with Crippen LogP contribution in [0.4, 0.5) is 0 Å². The van der Waals surface area contributed by atoms with Crippen molar-refractivity contribution in [3.8, 4) is 0 Å². The summed E-state index contributed by atoms with van der Waals surface area (Å²) in [7, 11) is 0. The summed E-state index contributed by atoms with van der Waals surface area (Å²) in [4.78, 5) is 11.9. The highest BCUT2D eigenvalue weighted by Crippen LogP contribution is 2.40. The van der Waals surface area contributed by atoms with Crippen LogP contribution in [-0.4, -0.2) is 5.78 Å². The van der Waals surface area contributed by atoms with Crippen molar-refractivity contribution in [2.45, 2.75) is 33.1 Å². The van der Waals surface area contributed by atoms with Gasteiger partial charge in [-0.25, -0.2) is 0 Å². The summed E-state index contributed by atoms with van der Waals surface area (Å²) in [5, 5.41) is 0.751. The molecule has 1 nitrogen and oxygen atoms in total. The van der Waals surface area contributed by atoms with Gasteiger partial charge in [-0.3, -0.25) is 4.79 Å². The first-order chi connectivity index (χ1) is 13.5. The summed E-state index contributed by atoms with van der Waals surface area (Å²) in [6.07, 6.45) is 3.03. The van der Waals surface area contributed by atoms with Gasteiger partial charge >= 0.3 is 0 Å². The molecule has 0 aliphatic heterocycles. The molecule has 4 rings (SSSR count). The standard InChI is InChI=1S/C26H23ClO/c1-17-6-8-20(9-7-17)26-24(19-10-13-23(27)14-11-19)5-3-4-22-16-21(18(2)28)12-15-25(22)26/h6-16H,3-5H2,1-2H3. The Morgan fingerprint density at radius 2 is 1.54 bits per heavy atom. The van der Waals surface area contributed by atoms with Gasteiger partial charge in [0.2, 0.25) is 0 Å². The van der Waals surface area contributed by atoms with Crippen LogP contribution in [0.5, 0.6) is 0 Å². The zero-order valence-corrected chi connectivity index (χ0v) is 17.0. The molecule has 0 unspecified atom stereocenters. The topological polar surface area (TPSA) is 17.1 Å². The van der Waals surface area contributed by atoms with Gasteiger partial charge < -0.3 is 0 Å². The third kappa shape index (κ3) is 3.68. The van der Waals surface area contributed by atoms with Gasteiger partial charge in [-0.15, -0.1) is 0 Å². The van der Waals surface area contributed by atoms with Gasteiger partial charge in [-0.1, -0.05) is 65.7 Å². The predicted octanol–water partition coefficient (Wildman–Crippen LogP) is 7.15. The van der Waals surface area contributed by atoms with E-state index in [1.807, 2.05) is 18.2 Å². The maximum absolute atomic E-state index is 11.9. The fraction of sp³-hybridized carbons (Fsp3) is 0.192. The Hall–Kier alpha value is -2.64. The molecule has 0 aromatic heterocycles. The highest BCUT2D eigenvalue weighted by Gasteiger charge is 2.20. The highest BCUT2D eigenvalue weighted by molar-refractivity contribution is 6.30. The van der Waals surface area contributed by atoms with Gasteiger partial charge in [0.15, 0.2) is 5.78 Å². The van der Waals surface area contributed by atoms with Crippen molar-refractivity contribution in [3.05, 3.63) is 105 Å². The van der Waals surface area contributed by atoms with Gasteiger partial charge in [0.1, 0.15) is 0 Å². The van der Waals surface area contributed by atoms with E-state index in [1.165, 1.54) is 39.0 Å². The normalized spacial score (nSPS) is 13.8. The average molecular weight is 387 g/mol. The maximum atomic E-state index is 11.9. The van der Waals surface area contributed by atoms with E-state index in [4.69, 9.17) is 11.6 Å². The van der Waals surface area contributed by atoms with Crippen LogP contribution in [0.25, 0.3) is 11.1 Å². The number of ketones is 1. The number of aryl methyl sites for hydroxylation is 2. The Bertz CT molecular complexity index is 1060. The van der Waals surface area contributed by atoms with Crippen molar-refractivity contribution in [2.24, 2.45) is 0 Å². The molecule has 0 saturated heterocycles. The molecule has 0 heterocycles. The molecule has 0 atom stereocenters. The molecule has 0 N–H and O–H groups in total. The van der Waals surface area contributed by atoms with Crippen molar-refractivity contribution in [1.82, 2.24) is 0 Å². The number of carbonyl (C=O) groups is 1. The van der Waals surface area contributed by atoms with E-state index in [0.717, 1.165) is 29.8 Å². The van der Waals surface area contributed by atoms with E-state index in [9.17, 15) is 4.79 Å². The summed E-state index contributed by atoms with van der Waals surface area (Å²) in [6.45, 7) is 3.74. The van der Waals surface area contributed by atoms with Gasteiger partial charge in [0.05, 0.1) is 0 Å². The maximum Gasteiger partial charge on any atom is 0.159 e. The predicted molar refractivity (Wildman–Crippen MR) is 118 cm³/mol. The van der Waals surface area contributed by atoms with Gasteiger partial charge in [-0.05, 0) is 84.7 Å². The zero-order valence-electron chi connectivity index (χ0n) is 16.3. The molecular formula is C26H23ClO. The van der Waals surface area contributed by atoms with Crippen LogP contribution in [0.1, 0.15) is 57.9 Å². The van der Waals surface area contributed by atoms with E-state index in [2.05, 4.69) is 55.5 Å². The number of halogens is 1. The molecule has 0 saturated carbocycles. The summed E-state index contributed by atoms with van der Waals surface area (Å²) >= 11 is 6.13. The Morgan fingerprint density at radius 3 is 2.21 bits per heavy atom. The van der Waals surface area contributed by atoms with E-state index < -0.39 is 0 Å². The minimum Gasteiger partial charge on any atom is -0.295 e. The average Bonchev–Trinajstić information content (AvgIpc) is 2.88. The van der Waals surface area contributed by atoms with Gasteiger partial charge in [0, 0.05) is 10.6 Å². The SMILES string of the molecule is CC(=O)c1ccc2c(c1)CCCC(c1ccc(Cl)cc1)=C2c1ccc(C)cc1. The zero-order chi connectivity index (χ0) is 19.7. The second kappa shape index (κ2) is 7.77. The first-order valence-electron chi connectivity index (χ1n) is 9.73. The smallest absolute Gasteiger partial charge is 0.159 e. The lowest BCUT2D eigenvalue weighted by Gasteiger charge is -2.17. The summed E-state index contributed by atoms with van der Waals surface area (Å²) < 4.78 is 0. The number of carbonyl (C=O) groups excluding carboxylic acids is 1. The lowest BCUT2D eigenvalue weighted by Crippen LogP contribution is -2.00. The third-order valence-electron chi connectivity index (χ3n) is 5.49. The van der Waals surface area contributed by atoms with E-state index >= 15 is 0 Å². The lowest BCUT2D eigenvalue weighted by molar-refractivity contribution is 0.101. The molecule has 140 valence electrons. The van der Waals surface area contributed by atoms with Crippen molar-refractivity contribution in [3.63, 3.8) is 0 Å². The van der Waals surface area contributed by atoms with E-state index in [0.29, 0.717) is 0 Å². The number of allylic oxidation sites excluding steroid dienone is 1. The van der Waals surface area contributed by atoms with Crippen LogP contribution in [0, 0.1) is 6.92 Å². The number of fused-ring (bicyclic) bond motifs is 1. The molecule has 1 aliphatic rings. The first kappa shape index (κ1) is 18.7. The highest BCUT2D eigenvalue weighted by atomic mass is 35.5. The fourth-order valence-electron chi connectivity index (χ4n) is 4.00. The molecule has 3 aromatic rings. The number of benzene rings is 3. The van der Waals surface area contributed by atoms with Crippen LogP contribution in [0.15, 0.2) is 66.7 Å². The minimum absolute atomic E-state index is 0.117. The van der Waals surface area contributed by atoms with Crippen LogP contribution in [0.3, 0.4) is 0 Å². The van der Waals surface area contributed by atoms with Crippen molar-refractivity contribution >= 4 is 28.5 Å². The van der Waals surface area contributed by atoms with Gasteiger partial charge in [-0.2, -0.15) is 0 Å². The fourth-order valence-corrected chi connectivity index (χ4v) is 4.12. The molecular weight excluding hydrogens is 364 g/mol. The van der Waals surface area contributed by atoms with Crippen LogP contribution < -0.4 is 0 Å². The number of hydrogen-bond donors (Lipinski definition) is 0. The third-order valence-corrected chi connectivity index (χ3v) is 5.74. The van der Waals surface area contributed by atoms with Crippen molar-refractivity contribution < 1.29 is 4.79 Å². The Balaban J connectivity index is 1.98. The Labute approximate surface area is 171 Å². The second-order valence-corrected chi connectivity index (χ2v) is 7.94. The summed E-state index contributed by atoms with van der Waals surface area (Å²) in [5.41, 5.74) is 9.57.